The van der Waals surface area contributed by atoms with Crippen molar-refractivity contribution < 1.29 is 28.6 Å². The Balaban J connectivity index is 1.94. The van der Waals surface area contributed by atoms with E-state index in [1.165, 1.54) is 12.0 Å². The van der Waals surface area contributed by atoms with Crippen LogP contribution in [0.4, 0.5) is 5.69 Å². The maximum Gasteiger partial charge on any atom is 0.300 e. The van der Waals surface area contributed by atoms with Crippen molar-refractivity contribution in [1.29, 1.82) is 0 Å². The highest BCUT2D eigenvalue weighted by atomic mass is 16.5. The Bertz CT molecular complexity index is 1300. The molecule has 0 aliphatic carbocycles. The summed E-state index contributed by atoms with van der Waals surface area (Å²) in [6.45, 7) is 8.23. The number of ketones is 1. The summed E-state index contributed by atoms with van der Waals surface area (Å²) in [6, 6.07) is 14.7. The highest BCUT2D eigenvalue weighted by molar-refractivity contribution is 6.51. The second-order valence-corrected chi connectivity index (χ2v) is 8.63. The molecule has 1 N–H and O–H groups in total. The summed E-state index contributed by atoms with van der Waals surface area (Å²) in [6.07, 6.45) is 0. The number of furan rings is 1. The predicted octanol–water partition coefficient (Wildman–Crippen LogP) is 5.75. The van der Waals surface area contributed by atoms with Gasteiger partial charge in [0.25, 0.3) is 11.7 Å². The molecule has 0 saturated carbocycles. The van der Waals surface area contributed by atoms with Gasteiger partial charge in [0.2, 0.25) is 0 Å². The number of methoxy groups -OCH3 is 1. The Kier molecular flexibility index (Phi) is 6.69. The van der Waals surface area contributed by atoms with Crippen LogP contribution in [0.15, 0.2) is 64.6 Å². The van der Waals surface area contributed by atoms with Crippen molar-refractivity contribution in [2.45, 2.75) is 39.7 Å². The van der Waals surface area contributed by atoms with Gasteiger partial charge < -0.3 is 19.0 Å². The highest BCUT2D eigenvalue weighted by Crippen LogP contribution is 2.45. The molecule has 1 fully saturated rings. The number of rotatable bonds is 7. The Morgan fingerprint density at radius 1 is 1.09 bits per heavy atom. The summed E-state index contributed by atoms with van der Waals surface area (Å²) >= 11 is 0. The van der Waals surface area contributed by atoms with Gasteiger partial charge >= 0.3 is 0 Å². The lowest BCUT2D eigenvalue weighted by Gasteiger charge is -2.25. The van der Waals surface area contributed by atoms with E-state index in [0.717, 1.165) is 5.56 Å². The summed E-state index contributed by atoms with van der Waals surface area (Å²) in [5.74, 6) is 0.390. The van der Waals surface area contributed by atoms with Crippen molar-refractivity contribution in [2.75, 3.05) is 18.6 Å². The fourth-order valence-corrected chi connectivity index (χ4v) is 4.37. The van der Waals surface area contributed by atoms with E-state index in [1.54, 1.807) is 61.5 Å². The molecular formula is C28H29NO6. The molecule has 0 spiro atoms. The van der Waals surface area contributed by atoms with Crippen LogP contribution in [0, 0.1) is 6.92 Å². The van der Waals surface area contributed by atoms with Crippen molar-refractivity contribution in [3.63, 3.8) is 0 Å². The van der Waals surface area contributed by atoms with Crippen molar-refractivity contribution in [3.05, 3.63) is 82.8 Å². The molecule has 1 saturated heterocycles. The number of aliphatic hydroxyl groups excluding tert-OH is 1. The van der Waals surface area contributed by atoms with Gasteiger partial charge in [-0.3, -0.25) is 14.5 Å². The van der Waals surface area contributed by atoms with E-state index in [4.69, 9.17) is 13.9 Å². The molecule has 4 rings (SSSR count). The Morgan fingerprint density at radius 3 is 2.46 bits per heavy atom. The van der Waals surface area contributed by atoms with E-state index in [2.05, 4.69) is 0 Å². The maximum absolute atomic E-state index is 13.4. The molecule has 3 aromatic rings. The molecule has 1 amide bonds. The third-order valence-electron chi connectivity index (χ3n) is 6.02. The lowest BCUT2D eigenvalue weighted by molar-refractivity contribution is -0.132. The number of hydrogen-bond acceptors (Lipinski definition) is 6. The molecule has 182 valence electrons. The predicted molar refractivity (Wildman–Crippen MR) is 133 cm³/mol. The molecule has 1 aliphatic heterocycles. The van der Waals surface area contributed by atoms with Crippen LogP contribution in [0.5, 0.6) is 11.5 Å². The van der Waals surface area contributed by atoms with Crippen molar-refractivity contribution in [1.82, 2.24) is 0 Å². The molecule has 7 nitrogen and oxygen atoms in total. The van der Waals surface area contributed by atoms with E-state index in [-0.39, 0.29) is 17.3 Å². The molecule has 35 heavy (non-hydrogen) atoms. The molecule has 1 aromatic heterocycles. The minimum atomic E-state index is -0.964. The highest BCUT2D eigenvalue weighted by Gasteiger charge is 2.49. The molecule has 1 atom stereocenters. The van der Waals surface area contributed by atoms with Gasteiger partial charge in [0, 0.05) is 5.56 Å². The number of nitrogens with zero attached hydrogens (tertiary/aromatic N) is 1. The Morgan fingerprint density at radius 2 is 1.83 bits per heavy atom. The minimum Gasteiger partial charge on any atom is -0.507 e. The summed E-state index contributed by atoms with van der Waals surface area (Å²) in [5, 5.41) is 11.4. The van der Waals surface area contributed by atoms with Crippen LogP contribution >= 0.6 is 0 Å². The van der Waals surface area contributed by atoms with Crippen LogP contribution in [0.1, 0.15) is 55.4 Å². The van der Waals surface area contributed by atoms with E-state index in [0.29, 0.717) is 40.9 Å². The summed E-state index contributed by atoms with van der Waals surface area (Å²) in [7, 11) is 1.49. The van der Waals surface area contributed by atoms with Crippen LogP contribution in [-0.2, 0) is 9.59 Å². The third-order valence-corrected chi connectivity index (χ3v) is 6.02. The molecule has 7 heteroatoms. The van der Waals surface area contributed by atoms with E-state index in [1.807, 2.05) is 20.8 Å². The maximum atomic E-state index is 13.4. The number of carbonyl (C=O) groups is 2. The van der Waals surface area contributed by atoms with Gasteiger partial charge in [0.1, 0.15) is 34.8 Å². The normalized spacial score (nSPS) is 17.3. The number of ether oxygens (including phenoxy) is 2. The minimum absolute atomic E-state index is 0.0471. The van der Waals surface area contributed by atoms with Crippen LogP contribution in [0.2, 0.25) is 0 Å². The summed E-state index contributed by atoms with van der Waals surface area (Å²) < 4.78 is 17.1. The first-order valence-electron chi connectivity index (χ1n) is 11.6. The number of para-hydroxylation sites is 2. The largest absolute Gasteiger partial charge is 0.507 e. The van der Waals surface area contributed by atoms with E-state index < -0.39 is 17.7 Å². The fraction of sp³-hybridized carbons (Fsp3) is 0.286. The first kappa shape index (κ1) is 24.1. The Labute approximate surface area is 204 Å². The van der Waals surface area contributed by atoms with E-state index >= 15 is 0 Å². The summed E-state index contributed by atoms with van der Waals surface area (Å²) in [5.41, 5.74) is 1.67. The molecule has 2 heterocycles. The SMILES string of the molecule is CCOc1ccc(/C(O)=C2/C(=O)C(=O)N(c3ccccc3OC)C2c2ccc(C)o2)cc1C(C)C. The lowest BCUT2D eigenvalue weighted by atomic mass is 9.95. The molecule has 1 unspecified atom stereocenters. The molecule has 2 aromatic carbocycles. The molecule has 0 bridgehead atoms. The van der Waals surface area contributed by atoms with Gasteiger partial charge in [-0.25, -0.2) is 0 Å². The van der Waals surface area contributed by atoms with E-state index in [9.17, 15) is 14.7 Å². The molecule has 1 aliphatic rings. The zero-order valence-electron chi connectivity index (χ0n) is 20.5. The molecule has 0 radical (unpaired) electrons. The van der Waals surface area contributed by atoms with Gasteiger partial charge in [0.15, 0.2) is 0 Å². The van der Waals surface area contributed by atoms with Gasteiger partial charge in [-0.1, -0.05) is 26.0 Å². The van der Waals surface area contributed by atoms with Gasteiger partial charge in [-0.05, 0) is 67.8 Å². The standard InChI is InChI=1S/C28H29NO6/c1-6-34-21-14-12-18(15-19(21)16(2)3)26(30)24-25(23-13-11-17(4)35-23)29(28(32)27(24)31)20-9-7-8-10-22(20)33-5/h7-16,25,30H,6H2,1-5H3/b26-24-. The second kappa shape index (κ2) is 9.70. The van der Waals surface area contributed by atoms with Crippen LogP contribution in [0.25, 0.3) is 5.76 Å². The van der Waals surface area contributed by atoms with Crippen LogP contribution < -0.4 is 14.4 Å². The number of aryl methyl sites for hydroxylation is 1. The number of aliphatic hydroxyl groups is 1. The van der Waals surface area contributed by atoms with Crippen molar-refractivity contribution in [3.8, 4) is 11.5 Å². The lowest BCUT2D eigenvalue weighted by Crippen LogP contribution is -2.29. The quantitative estimate of drug-likeness (QED) is 0.266. The molecular weight excluding hydrogens is 446 g/mol. The topological polar surface area (TPSA) is 89.2 Å². The zero-order valence-corrected chi connectivity index (χ0v) is 20.5. The zero-order chi connectivity index (χ0) is 25.3. The number of amides is 1. The average molecular weight is 476 g/mol. The number of benzene rings is 2. The number of anilines is 1. The number of carbonyl (C=O) groups excluding carboxylic acids is 2. The third kappa shape index (κ3) is 4.30. The van der Waals surface area contributed by atoms with Gasteiger partial charge in [0.05, 0.1) is 25.0 Å². The number of hydrogen-bond donors (Lipinski definition) is 1. The first-order chi connectivity index (χ1) is 16.8. The van der Waals surface area contributed by atoms with Crippen molar-refractivity contribution >= 4 is 23.1 Å². The average Bonchev–Trinajstić information content (AvgIpc) is 3.39. The number of Topliss-reactive ketones (excluding diaryl/α,β-unsaturated/α-hetero) is 1. The van der Waals surface area contributed by atoms with Gasteiger partial charge in [-0.2, -0.15) is 0 Å². The van der Waals surface area contributed by atoms with Crippen LogP contribution in [-0.4, -0.2) is 30.5 Å². The fourth-order valence-electron chi connectivity index (χ4n) is 4.37. The van der Waals surface area contributed by atoms with Crippen molar-refractivity contribution in [2.24, 2.45) is 0 Å². The monoisotopic (exact) mass is 475 g/mol. The summed E-state index contributed by atoms with van der Waals surface area (Å²) in [4.78, 5) is 28.0. The second-order valence-electron chi connectivity index (χ2n) is 8.63. The first-order valence-corrected chi connectivity index (χ1v) is 11.6. The van der Waals surface area contributed by atoms with Gasteiger partial charge in [-0.15, -0.1) is 0 Å². The van der Waals surface area contributed by atoms with Crippen LogP contribution in [0.3, 0.4) is 0 Å². The Hall–Kier alpha value is -4.00. The smallest absolute Gasteiger partial charge is 0.300 e.